The maximum atomic E-state index is 5.21. The number of rotatable bonds is 0. The van der Waals surface area contributed by atoms with Crippen molar-refractivity contribution in [1.29, 1.82) is 0 Å². The van der Waals surface area contributed by atoms with Crippen LogP contribution in [0.4, 0.5) is 0 Å². The van der Waals surface area contributed by atoms with E-state index in [1.807, 2.05) is 19.2 Å². The van der Waals surface area contributed by atoms with E-state index >= 15 is 0 Å². The summed E-state index contributed by atoms with van der Waals surface area (Å²) in [5.41, 5.74) is 2.05. The third-order valence-electron chi connectivity index (χ3n) is 1.57. The van der Waals surface area contributed by atoms with Gasteiger partial charge in [-0.25, -0.2) is 0 Å². The molecule has 0 atom stereocenters. The van der Waals surface area contributed by atoms with E-state index in [2.05, 4.69) is 4.98 Å². The highest BCUT2D eigenvalue weighted by atomic mass is 16.3. The Morgan fingerprint density at radius 3 is 3.20 bits per heavy atom. The summed E-state index contributed by atoms with van der Waals surface area (Å²) in [5.74, 6) is 0. The topological polar surface area (TPSA) is 26.0 Å². The lowest BCUT2D eigenvalue weighted by molar-refractivity contribution is 0.613. The average molecular weight is 133 g/mol. The molecule has 2 heterocycles. The molecule has 0 N–H and O–H groups in total. The van der Waals surface area contributed by atoms with Gasteiger partial charge in [0.25, 0.3) is 0 Å². The summed E-state index contributed by atoms with van der Waals surface area (Å²) in [5, 5.41) is 1.10. The Hall–Kier alpha value is -1.31. The number of pyridine rings is 1. The van der Waals surface area contributed by atoms with Crippen LogP contribution in [0.2, 0.25) is 0 Å². The van der Waals surface area contributed by atoms with Crippen LogP contribution in [0.1, 0.15) is 5.56 Å². The summed E-state index contributed by atoms with van der Waals surface area (Å²) in [6, 6.07) is 1.86. The van der Waals surface area contributed by atoms with E-state index in [-0.39, 0.29) is 0 Å². The Morgan fingerprint density at radius 2 is 2.40 bits per heavy atom. The molecule has 0 aromatic carbocycles. The van der Waals surface area contributed by atoms with Gasteiger partial charge >= 0.3 is 0 Å². The summed E-state index contributed by atoms with van der Waals surface area (Å²) in [4.78, 5) is 3.99. The Kier molecular flexibility index (Phi) is 1.01. The molecule has 0 saturated heterocycles. The third kappa shape index (κ3) is 0.620. The standard InChI is InChI=1S/C8H7NO/c1-6-5-10-8-2-3-9-4-7(6)8/h2-5H,1H3. The summed E-state index contributed by atoms with van der Waals surface area (Å²) in [6.45, 7) is 2.01. The summed E-state index contributed by atoms with van der Waals surface area (Å²) >= 11 is 0. The van der Waals surface area contributed by atoms with Crippen molar-refractivity contribution in [3.63, 3.8) is 0 Å². The second-order valence-electron chi connectivity index (χ2n) is 2.29. The van der Waals surface area contributed by atoms with Gasteiger partial charge in [-0.2, -0.15) is 0 Å². The molecule has 2 nitrogen and oxygen atoms in total. The molecule has 0 aliphatic heterocycles. The maximum Gasteiger partial charge on any atom is 0.137 e. The predicted molar refractivity (Wildman–Crippen MR) is 38.7 cm³/mol. The molecule has 2 aromatic heterocycles. The molecule has 0 fully saturated rings. The van der Waals surface area contributed by atoms with Crippen LogP contribution in [-0.2, 0) is 0 Å². The highest BCUT2D eigenvalue weighted by Crippen LogP contribution is 2.17. The van der Waals surface area contributed by atoms with Crippen molar-refractivity contribution >= 4 is 11.0 Å². The minimum atomic E-state index is 0.910. The Bertz CT molecular complexity index is 351. The number of hydrogen-bond donors (Lipinski definition) is 0. The zero-order valence-electron chi connectivity index (χ0n) is 5.66. The molecule has 0 bridgehead atoms. The molecule has 0 amide bonds. The Balaban J connectivity index is 2.93. The zero-order chi connectivity index (χ0) is 6.97. The van der Waals surface area contributed by atoms with E-state index in [0.717, 1.165) is 16.5 Å². The van der Waals surface area contributed by atoms with E-state index in [9.17, 15) is 0 Å². The van der Waals surface area contributed by atoms with E-state index in [1.165, 1.54) is 0 Å². The van der Waals surface area contributed by atoms with Crippen LogP contribution in [0, 0.1) is 6.92 Å². The first-order valence-electron chi connectivity index (χ1n) is 3.16. The van der Waals surface area contributed by atoms with Gasteiger partial charge < -0.3 is 4.42 Å². The van der Waals surface area contributed by atoms with Gasteiger partial charge in [0.1, 0.15) is 5.58 Å². The molecule has 0 aliphatic carbocycles. The molecule has 0 spiro atoms. The molecule has 0 aliphatic rings. The second-order valence-corrected chi connectivity index (χ2v) is 2.29. The van der Waals surface area contributed by atoms with Crippen LogP contribution in [-0.4, -0.2) is 4.98 Å². The van der Waals surface area contributed by atoms with Crippen molar-refractivity contribution in [2.45, 2.75) is 6.92 Å². The van der Waals surface area contributed by atoms with Crippen LogP contribution in [0.25, 0.3) is 11.0 Å². The molecule has 2 rings (SSSR count). The van der Waals surface area contributed by atoms with Crippen molar-refractivity contribution < 1.29 is 4.42 Å². The van der Waals surface area contributed by atoms with Crippen LogP contribution >= 0.6 is 0 Å². The molecule has 2 aromatic rings. The molecule has 10 heavy (non-hydrogen) atoms. The van der Waals surface area contributed by atoms with Crippen molar-refractivity contribution in [1.82, 2.24) is 4.98 Å². The third-order valence-corrected chi connectivity index (χ3v) is 1.57. The van der Waals surface area contributed by atoms with Crippen molar-refractivity contribution in [3.05, 3.63) is 30.3 Å². The average Bonchev–Trinajstić information content (AvgIpc) is 2.34. The fraction of sp³-hybridized carbons (Fsp3) is 0.125. The first-order valence-corrected chi connectivity index (χ1v) is 3.16. The predicted octanol–water partition coefficient (Wildman–Crippen LogP) is 2.14. The lowest BCUT2D eigenvalue weighted by Gasteiger charge is -1.84. The lowest BCUT2D eigenvalue weighted by atomic mass is 10.2. The second kappa shape index (κ2) is 1.84. The number of aryl methyl sites for hydroxylation is 1. The van der Waals surface area contributed by atoms with Crippen LogP contribution < -0.4 is 0 Å². The molecule has 2 heteroatoms. The first-order chi connectivity index (χ1) is 4.88. The van der Waals surface area contributed by atoms with Crippen molar-refractivity contribution in [3.8, 4) is 0 Å². The van der Waals surface area contributed by atoms with Gasteiger partial charge in [0.05, 0.1) is 6.26 Å². The van der Waals surface area contributed by atoms with Crippen molar-refractivity contribution in [2.75, 3.05) is 0 Å². The highest BCUT2D eigenvalue weighted by Gasteiger charge is 1.98. The van der Waals surface area contributed by atoms with Crippen LogP contribution in [0.15, 0.2) is 29.1 Å². The quantitative estimate of drug-likeness (QED) is 0.550. The normalized spacial score (nSPS) is 10.5. The fourth-order valence-electron chi connectivity index (χ4n) is 0.996. The van der Waals surface area contributed by atoms with Gasteiger partial charge in [-0.1, -0.05) is 0 Å². The van der Waals surface area contributed by atoms with Gasteiger partial charge in [0.2, 0.25) is 0 Å². The number of fused-ring (bicyclic) bond motifs is 1. The largest absolute Gasteiger partial charge is 0.464 e. The molecule has 0 unspecified atom stereocenters. The first kappa shape index (κ1) is 5.47. The molecule has 50 valence electrons. The van der Waals surface area contributed by atoms with E-state index in [0.29, 0.717) is 0 Å². The van der Waals surface area contributed by atoms with Crippen LogP contribution in [0.3, 0.4) is 0 Å². The molecular weight excluding hydrogens is 126 g/mol. The van der Waals surface area contributed by atoms with Gasteiger partial charge in [-0.3, -0.25) is 4.98 Å². The van der Waals surface area contributed by atoms with E-state index in [4.69, 9.17) is 4.42 Å². The van der Waals surface area contributed by atoms with Crippen LogP contribution in [0.5, 0.6) is 0 Å². The number of aromatic nitrogens is 1. The van der Waals surface area contributed by atoms with Gasteiger partial charge in [0.15, 0.2) is 0 Å². The smallest absolute Gasteiger partial charge is 0.137 e. The lowest BCUT2D eigenvalue weighted by Crippen LogP contribution is -1.69. The molecule has 0 radical (unpaired) electrons. The van der Waals surface area contributed by atoms with E-state index < -0.39 is 0 Å². The summed E-state index contributed by atoms with van der Waals surface area (Å²) in [6.07, 6.45) is 5.28. The summed E-state index contributed by atoms with van der Waals surface area (Å²) < 4.78 is 5.21. The number of hydrogen-bond acceptors (Lipinski definition) is 2. The maximum absolute atomic E-state index is 5.21. The molecular formula is C8H7NO. The summed E-state index contributed by atoms with van der Waals surface area (Å²) in [7, 11) is 0. The monoisotopic (exact) mass is 133 g/mol. The Morgan fingerprint density at radius 1 is 1.50 bits per heavy atom. The number of nitrogens with zero attached hydrogens (tertiary/aromatic N) is 1. The Labute approximate surface area is 58.5 Å². The van der Waals surface area contributed by atoms with Gasteiger partial charge in [-0.05, 0) is 18.6 Å². The minimum Gasteiger partial charge on any atom is -0.464 e. The van der Waals surface area contributed by atoms with Gasteiger partial charge in [-0.15, -0.1) is 0 Å². The van der Waals surface area contributed by atoms with E-state index in [1.54, 1.807) is 12.5 Å². The minimum absolute atomic E-state index is 0.910. The molecule has 0 saturated carbocycles. The highest BCUT2D eigenvalue weighted by molar-refractivity contribution is 5.79. The fourth-order valence-corrected chi connectivity index (χ4v) is 0.996. The zero-order valence-corrected chi connectivity index (χ0v) is 5.66. The SMILES string of the molecule is Cc1coc2ccncc12. The van der Waals surface area contributed by atoms with Crippen molar-refractivity contribution in [2.24, 2.45) is 0 Å². The van der Waals surface area contributed by atoms with Gasteiger partial charge in [0, 0.05) is 17.8 Å². The number of furan rings is 1.